The highest BCUT2D eigenvalue weighted by Crippen LogP contribution is 2.36. The first-order valence-electron chi connectivity index (χ1n) is 8.78. The number of benzene rings is 1. The predicted molar refractivity (Wildman–Crippen MR) is 114 cm³/mol. The van der Waals surface area contributed by atoms with Crippen molar-refractivity contribution in [2.24, 2.45) is 0 Å². The molecule has 6 nitrogen and oxygen atoms in total. The third kappa shape index (κ3) is 3.41. The lowest BCUT2D eigenvalue weighted by Gasteiger charge is -2.18. The Balaban J connectivity index is 1.76. The lowest BCUT2D eigenvalue weighted by Crippen LogP contribution is -2.15. The summed E-state index contributed by atoms with van der Waals surface area (Å²) in [6.07, 6.45) is 6.46. The molecule has 0 atom stereocenters. The molecule has 1 aromatic carbocycles. The number of anilines is 1. The highest BCUT2D eigenvalue weighted by molar-refractivity contribution is 14.1. The van der Waals surface area contributed by atoms with Gasteiger partial charge >= 0.3 is 0 Å². The van der Waals surface area contributed by atoms with Gasteiger partial charge in [-0.3, -0.25) is 0 Å². The molecule has 0 radical (unpaired) electrons. The number of fused-ring (bicyclic) bond motifs is 2. The van der Waals surface area contributed by atoms with E-state index in [2.05, 4.69) is 54.6 Å². The fourth-order valence-electron chi connectivity index (χ4n) is 3.35. The van der Waals surface area contributed by atoms with E-state index in [0.717, 1.165) is 23.9 Å². The number of aromatic nitrogens is 4. The summed E-state index contributed by atoms with van der Waals surface area (Å²) in [5.74, 6) is 0.431. The van der Waals surface area contributed by atoms with E-state index >= 15 is 0 Å². The Bertz CT molecular complexity index is 954. The molecular weight excluding hydrogens is 459 g/mol. The zero-order chi connectivity index (χ0) is 18.1. The summed E-state index contributed by atoms with van der Waals surface area (Å²) in [4.78, 5) is 14.5. The zero-order valence-electron chi connectivity index (χ0n) is 14.6. The van der Waals surface area contributed by atoms with Crippen molar-refractivity contribution < 1.29 is 0 Å². The maximum Gasteiger partial charge on any atom is 0.175 e. The molecule has 0 unspecified atom stereocenters. The molecule has 0 saturated carbocycles. The largest absolute Gasteiger partial charge is 0.382 e. The number of halogens is 1. The average molecular weight is 480 g/mol. The zero-order valence-corrected chi connectivity index (χ0v) is 17.6. The van der Waals surface area contributed by atoms with Gasteiger partial charge in [-0.25, -0.2) is 15.0 Å². The molecule has 0 aliphatic heterocycles. The van der Waals surface area contributed by atoms with Gasteiger partial charge in [0.2, 0.25) is 0 Å². The number of nitrogens with two attached hydrogens (primary N) is 1. The second kappa shape index (κ2) is 7.69. The van der Waals surface area contributed by atoms with Gasteiger partial charge in [-0.15, -0.1) is 0 Å². The molecule has 136 valence electrons. The fourth-order valence-corrected chi connectivity index (χ4v) is 5.19. The van der Waals surface area contributed by atoms with Gasteiger partial charge in [-0.05, 0) is 78.6 Å². The molecule has 0 amide bonds. The van der Waals surface area contributed by atoms with E-state index in [4.69, 9.17) is 10.7 Å². The van der Waals surface area contributed by atoms with Crippen LogP contribution >= 0.6 is 34.4 Å². The third-order valence-corrected chi connectivity index (χ3v) is 7.02. The first-order chi connectivity index (χ1) is 12.7. The highest BCUT2D eigenvalue weighted by Gasteiger charge is 2.18. The Kier molecular flexibility index (Phi) is 5.32. The second-order valence-electron chi connectivity index (χ2n) is 6.44. The van der Waals surface area contributed by atoms with Crippen LogP contribution in [0.3, 0.4) is 0 Å². The summed E-state index contributed by atoms with van der Waals surface area (Å²) >= 11 is 4.13. The minimum Gasteiger partial charge on any atom is -0.382 e. The Labute approximate surface area is 170 Å². The lowest BCUT2D eigenvalue weighted by atomic mass is 9.92. The summed E-state index contributed by atoms with van der Waals surface area (Å²) in [5.41, 5.74) is 10.5. The molecule has 0 fully saturated rings. The van der Waals surface area contributed by atoms with Crippen molar-refractivity contribution in [3.8, 4) is 0 Å². The summed E-state index contributed by atoms with van der Waals surface area (Å²) in [6.45, 7) is 1.62. The van der Waals surface area contributed by atoms with Gasteiger partial charge in [-0.2, -0.15) is 0 Å². The number of nitrogen functional groups attached to an aromatic ring is 1. The number of likely N-dealkylation sites (N-methyl/N-ethyl adjacent to an activating group) is 1. The van der Waals surface area contributed by atoms with E-state index in [9.17, 15) is 0 Å². The third-order valence-electron chi connectivity index (χ3n) is 4.71. The number of nitrogens with one attached hydrogen (secondary N) is 1. The van der Waals surface area contributed by atoms with Crippen molar-refractivity contribution >= 4 is 51.3 Å². The highest BCUT2D eigenvalue weighted by atomic mass is 127. The molecule has 2 heterocycles. The first-order valence-corrected chi connectivity index (χ1v) is 10.7. The SMILES string of the molecule is CNCCn1c(Sc2cc3c(cc2I)CCCC3)nc2c(N)ncnc21. The monoisotopic (exact) mass is 480 g/mol. The molecule has 2 aromatic heterocycles. The van der Waals surface area contributed by atoms with Crippen LogP contribution < -0.4 is 11.1 Å². The predicted octanol–water partition coefficient (Wildman–Crippen LogP) is 3.26. The molecule has 0 bridgehead atoms. The van der Waals surface area contributed by atoms with Crippen molar-refractivity contribution in [2.75, 3.05) is 19.3 Å². The van der Waals surface area contributed by atoms with Gasteiger partial charge < -0.3 is 15.6 Å². The number of aryl methyl sites for hydroxylation is 2. The molecule has 26 heavy (non-hydrogen) atoms. The van der Waals surface area contributed by atoms with Crippen LogP contribution in [0.4, 0.5) is 5.82 Å². The van der Waals surface area contributed by atoms with Crippen molar-refractivity contribution in [1.82, 2.24) is 24.8 Å². The van der Waals surface area contributed by atoms with Crippen LogP contribution in [0.1, 0.15) is 24.0 Å². The Morgan fingerprint density at radius 2 is 2.00 bits per heavy atom. The van der Waals surface area contributed by atoms with Crippen LogP contribution in [0.2, 0.25) is 0 Å². The number of rotatable bonds is 5. The van der Waals surface area contributed by atoms with Crippen molar-refractivity contribution in [2.45, 2.75) is 42.3 Å². The van der Waals surface area contributed by atoms with Gasteiger partial charge in [0.1, 0.15) is 6.33 Å². The number of hydrogen-bond acceptors (Lipinski definition) is 6. The quantitative estimate of drug-likeness (QED) is 0.546. The molecule has 3 N–H and O–H groups in total. The molecule has 0 saturated heterocycles. The smallest absolute Gasteiger partial charge is 0.175 e. The standard InChI is InChI=1S/C18H21IN6S/c1-21-6-7-25-17-15(16(20)22-10-23-17)24-18(25)26-14-9-12-5-3-2-4-11(12)8-13(14)19/h8-10,21H,2-7H2,1H3,(H2,20,22,23). The average Bonchev–Trinajstić information content (AvgIpc) is 2.99. The summed E-state index contributed by atoms with van der Waals surface area (Å²) < 4.78 is 3.41. The summed E-state index contributed by atoms with van der Waals surface area (Å²) in [5, 5.41) is 4.11. The van der Waals surface area contributed by atoms with E-state index in [1.807, 2.05) is 7.05 Å². The van der Waals surface area contributed by atoms with Crippen LogP contribution in [0.25, 0.3) is 11.2 Å². The topological polar surface area (TPSA) is 81.7 Å². The van der Waals surface area contributed by atoms with Crippen LogP contribution in [-0.4, -0.2) is 33.1 Å². The van der Waals surface area contributed by atoms with Crippen molar-refractivity contribution in [3.63, 3.8) is 0 Å². The van der Waals surface area contributed by atoms with E-state index in [0.29, 0.717) is 11.3 Å². The second-order valence-corrected chi connectivity index (χ2v) is 8.61. The maximum absolute atomic E-state index is 6.03. The summed E-state index contributed by atoms with van der Waals surface area (Å²) in [6, 6.07) is 4.68. The van der Waals surface area contributed by atoms with Gasteiger partial charge in [0.15, 0.2) is 22.1 Å². The van der Waals surface area contributed by atoms with E-state index in [1.54, 1.807) is 11.8 Å². The van der Waals surface area contributed by atoms with Gasteiger partial charge in [0.05, 0.1) is 0 Å². The number of nitrogens with zero attached hydrogens (tertiary/aromatic N) is 4. The van der Waals surface area contributed by atoms with Crippen LogP contribution in [0.5, 0.6) is 0 Å². The maximum atomic E-state index is 6.03. The fraction of sp³-hybridized carbons (Fsp3) is 0.389. The minimum atomic E-state index is 0.431. The Hall–Kier alpha value is -1.39. The minimum absolute atomic E-state index is 0.431. The molecule has 4 rings (SSSR count). The number of imidazole rings is 1. The van der Waals surface area contributed by atoms with E-state index in [-0.39, 0.29) is 0 Å². The Morgan fingerprint density at radius 3 is 2.77 bits per heavy atom. The molecule has 3 aromatic rings. The van der Waals surface area contributed by atoms with Crippen molar-refractivity contribution in [3.05, 3.63) is 33.2 Å². The van der Waals surface area contributed by atoms with Crippen LogP contribution in [0, 0.1) is 3.57 Å². The van der Waals surface area contributed by atoms with E-state index in [1.165, 1.54) is 51.6 Å². The van der Waals surface area contributed by atoms with Crippen LogP contribution in [0.15, 0.2) is 28.5 Å². The van der Waals surface area contributed by atoms with Gasteiger partial charge in [-0.1, -0.05) is 11.8 Å². The van der Waals surface area contributed by atoms with Crippen molar-refractivity contribution in [1.29, 1.82) is 0 Å². The van der Waals surface area contributed by atoms with Gasteiger partial charge in [0.25, 0.3) is 0 Å². The van der Waals surface area contributed by atoms with Crippen LogP contribution in [-0.2, 0) is 19.4 Å². The molecule has 8 heteroatoms. The molecule has 0 spiro atoms. The van der Waals surface area contributed by atoms with Gasteiger partial charge in [0, 0.05) is 21.6 Å². The summed E-state index contributed by atoms with van der Waals surface area (Å²) in [7, 11) is 1.95. The number of hydrogen-bond donors (Lipinski definition) is 2. The van der Waals surface area contributed by atoms with E-state index < -0.39 is 0 Å². The first kappa shape index (κ1) is 18.0. The Morgan fingerprint density at radius 1 is 1.23 bits per heavy atom. The molecular formula is C18H21IN6S. The molecule has 1 aliphatic rings. The normalized spacial score (nSPS) is 13.9. The lowest BCUT2D eigenvalue weighted by molar-refractivity contribution is 0.610. The molecule has 1 aliphatic carbocycles.